The third kappa shape index (κ3) is 2.91. The maximum Gasteiger partial charge on any atom is 0.127 e. The number of phenolic OH excluding ortho intramolecular Hbond substituents is 3. The van der Waals surface area contributed by atoms with Crippen LogP contribution in [0.4, 0.5) is 0 Å². The van der Waals surface area contributed by atoms with E-state index in [0.29, 0.717) is 6.42 Å². The third-order valence-corrected chi connectivity index (χ3v) is 2.29. The van der Waals surface area contributed by atoms with E-state index in [-0.39, 0.29) is 35.2 Å². The fraction of sp³-hybridized carbons (Fsp3) is 0.400. The SMILES string of the molecule is CC[C@@H](O)[C@@H](N)c1c(O)cc(O)cc1O.Cl. The van der Waals surface area contributed by atoms with Crippen molar-refractivity contribution in [2.24, 2.45) is 5.73 Å². The van der Waals surface area contributed by atoms with E-state index < -0.39 is 12.1 Å². The first kappa shape index (κ1) is 14.8. The number of aliphatic hydroxyl groups is 1. The lowest BCUT2D eigenvalue weighted by atomic mass is 9.98. The molecule has 6 N–H and O–H groups in total. The predicted molar refractivity (Wildman–Crippen MR) is 61.9 cm³/mol. The van der Waals surface area contributed by atoms with E-state index in [1.54, 1.807) is 6.92 Å². The van der Waals surface area contributed by atoms with Crippen LogP contribution in [-0.4, -0.2) is 26.5 Å². The van der Waals surface area contributed by atoms with Crippen molar-refractivity contribution in [3.8, 4) is 17.2 Å². The average molecular weight is 250 g/mol. The molecule has 0 unspecified atom stereocenters. The van der Waals surface area contributed by atoms with Crippen LogP contribution in [0.2, 0.25) is 0 Å². The molecule has 1 aromatic rings. The number of aromatic hydroxyl groups is 3. The summed E-state index contributed by atoms with van der Waals surface area (Å²) in [6.45, 7) is 1.74. The van der Waals surface area contributed by atoms with Crippen molar-refractivity contribution in [3.63, 3.8) is 0 Å². The van der Waals surface area contributed by atoms with Gasteiger partial charge in [0, 0.05) is 12.1 Å². The van der Waals surface area contributed by atoms with E-state index in [4.69, 9.17) is 10.8 Å². The third-order valence-electron chi connectivity index (χ3n) is 2.29. The Kier molecular flexibility index (Phi) is 5.37. The zero-order valence-corrected chi connectivity index (χ0v) is 9.61. The number of rotatable bonds is 3. The lowest BCUT2D eigenvalue weighted by Crippen LogP contribution is -2.25. The number of aliphatic hydroxyl groups excluding tert-OH is 1. The minimum atomic E-state index is -0.879. The Hall–Kier alpha value is -1.17. The zero-order valence-electron chi connectivity index (χ0n) is 8.79. The molecule has 0 aliphatic heterocycles. The summed E-state index contributed by atoms with van der Waals surface area (Å²) in [5, 5.41) is 37.5. The van der Waals surface area contributed by atoms with Gasteiger partial charge in [0.25, 0.3) is 0 Å². The van der Waals surface area contributed by atoms with Crippen LogP contribution in [0.5, 0.6) is 17.2 Å². The van der Waals surface area contributed by atoms with Crippen LogP contribution in [0, 0.1) is 0 Å². The van der Waals surface area contributed by atoms with Crippen LogP contribution in [-0.2, 0) is 0 Å². The summed E-state index contributed by atoms with van der Waals surface area (Å²) >= 11 is 0. The van der Waals surface area contributed by atoms with Crippen LogP contribution in [0.3, 0.4) is 0 Å². The van der Waals surface area contributed by atoms with Gasteiger partial charge in [0.2, 0.25) is 0 Å². The van der Waals surface area contributed by atoms with Crippen molar-refractivity contribution in [2.75, 3.05) is 0 Å². The molecule has 0 aliphatic rings. The van der Waals surface area contributed by atoms with Crippen LogP contribution in [0.15, 0.2) is 12.1 Å². The standard InChI is InChI=1S/C10H15NO4.ClH/c1-2-6(13)10(11)9-7(14)3-5(12)4-8(9)15;/h3-4,6,10,12-15H,2,11H2,1H3;1H/t6-,10-;/m1./s1. The van der Waals surface area contributed by atoms with Gasteiger partial charge in [0.15, 0.2) is 0 Å². The van der Waals surface area contributed by atoms with E-state index >= 15 is 0 Å². The molecule has 1 aromatic carbocycles. The first-order chi connectivity index (χ1) is 6.97. The van der Waals surface area contributed by atoms with Crippen molar-refractivity contribution in [1.82, 2.24) is 0 Å². The van der Waals surface area contributed by atoms with Crippen LogP contribution >= 0.6 is 12.4 Å². The Balaban J connectivity index is 0.00000225. The fourth-order valence-corrected chi connectivity index (χ4v) is 1.40. The molecule has 2 atom stereocenters. The maximum atomic E-state index is 9.49. The molecule has 0 saturated carbocycles. The number of hydrogen-bond donors (Lipinski definition) is 5. The molecule has 1 rings (SSSR count). The largest absolute Gasteiger partial charge is 0.508 e. The lowest BCUT2D eigenvalue weighted by molar-refractivity contribution is 0.138. The average Bonchev–Trinajstić information content (AvgIpc) is 2.14. The predicted octanol–water partition coefficient (Wildman–Crippen LogP) is 0.996. The van der Waals surface area contributed by atoms with Crippen LogP contribution in [0.1, 0.15) is 24.9 Å². The molecule has 0 fully saturated rings. The first-order valence-corrected chi connectivity index (χ1v) is 4.65. The van der Waals surface area contributed by atoms with Crippen LogP contribution in [0.25, 0.3) is 0 Å². The fourth-order valence-electron chi connectivity index (χ4n) is 1.40. The highest BCUT2D eigenvalue weighted by molar-refractivity contribution is 5.85. The first-order valence-electron chi connectivity index (χ1n) is 4.65. The van der Waals surface area contributed by atoms with Gasteiger partial charge in [-0.3, -0.25) is 0 Å². The minimum Gasteiger partial charge on any atom is -0.508 e. The van der Waals surface area contributed by atoms with Gasteiger partial charge in [-0.1, -0.05) is 6.92 Å². The van der Waals surface area contributed by atoms with Gasteiger partial charge in [-0.05, 0) is 6.42 Å². The normalized spacial score (nSPS) is 13.9. The number of hydrogen-bond acceptors (Lipinski definition) is 5. The summed E-state index contributed by atoms with van der Waals surface area (Å²) in [6, 6.07) is 1.25. The van der Waals surface area contributed by atoms with Crippen molar-refractivity contribution in [2.45, 2.75) is 25.5 Å². The molecule has 0 amide bonds. The Morgan fingerprint density at radius 2 is 1.62 bits per heavy atom. The minimum absolute atomic E-state index is 0. The Morgan fingerprint density at radius 3 is 2.00 bits per heavy atom. The molecule has 0 heterocycles. The molecule has 16 heavy (non-hydrogen) atoms. The van der Waals surface area contributed by atoms with Crippen molar-refractivity contribution < 1.29 is 20.4 Å². The number of benzene rings is 1. The van der Waals surface area contributed by atoms with Gasteiger partial charge in [-0.2, -0.15) is 0 Å². The lowest BCUT2D eigenvalue weighted by Gasteiger charge is -2.19. The van der Waals surface area contributed by atoms with E-state index in [2.05, 4.69) is 0 Å². The Bertz CT molecular complexity index is 336. The highest BCUT2D eigenvalue weighted by atomic mass is 35.5. The molecule has 0 aromatic heterocycles. The number of phenols is 3. The van der Waals surface area contributed by atoms with Crippen molar-refractivity contribution in [3.05, 3.63) is 17.7 Å². The summed E-state index contributed by atoms with van der Waals surface area (Å²) < 4.78 is 0. The molecule has 0 aliphatic carbocycles. The smallest absolute Gasteiger partial charge is 0.127 e. The molecule has 0 bridgehead atoms. The van der Waals surface area contributed by atoms with Crippen LogP contribution < -0.4 is 5.73 Å². The van der Waals surface area contributed by atoms with E-state index in [1.165, 1.54) is 0 Å². The quantitative estimate of drug-likeness (QED) is 0.549. The van der Waals surface area contributed by atoms with Crippen molar-refractivity contribution in [1.29, 1.82) is 0 Å². The second-order valence-corrected chi connectivity index (χ2v) is 3.40. The summed E-state index contributed by atoms with van der Waals surface area (Å²) in [5.74, 6) is -0.910. The second-order valence-electron chi connectivity index (χ2n) is 3.40. The monoisotopic (exact) mass is 249 g/mol. The van der Waals surface area contributed by atoms with E-state index in [1.807, 2.05) is 0 Å². The van der Waals surface area contributed by atoms with Gasteiger partial charge >= 0.3 is 0 Å². The summed E-state index contributed by atoms with van der Waals surface area (Å²) in [4.78, 5) is 0. The van der Waals surface area contributed by atoms with Gasteiger partial charge in [-0.15, -0.1) is 12.4 Å². The molecule has 0 spiro atoms. The zero-order chi connectivity index (χ0) is 11.6. The molecule has 92 valence electrons. The highest BCUT2D eigenvalue weighted by Gasteiger charge is 2.22. The summed E-state index contributed by atoms with van der Waals surface area (Å²) in [5.41, 5.74) is 5.69. The van der Waals surface area contributed by atoms with Gasteiger partial charge in [-0.25, -0.2) is 0 Å². The summed E-state index contributed by atoms with van der Waals surface area (Å²) in [6.07, 6.45) is -0.452. The van der Waals surface area contributed by atoms with E-state index in [0.717, 1.165) is 12.1 Å². The van der Waals surface area contributed by atoms with Gasteiger partial charge in [0.05, 0.1) is 17.7 Å². The molecular formula is C10H16ClNO4. The van der Waals surface area contributed by atoms with Gasteiger partial charge < -0.3 is 26.2 Å². The number of halogens is 1. The number of nitrogens with two attached hydrogens (primary N) is 1. The molecule has 0 saturated heterocycles. The molecule has 6 heteroatoms. The Labute approximate surface area is 99.6 Å². The molecular weight excluding hydrogens is 234 g/mol. The Morgan fingerprint density at radius 1 is 1.19 bits per heavy atom. The molecule has 0 radical (unpaired) electrons. The van der Waals surface area contributed by atoms with E-state index in [9.17, 15) is 15.3 Å². The second kappa shape index (κ2) is 5.79. The van der Waals surface area contributed by atoms with Gasteiger partial charge in [0.1, 0.15) is 17.2 Å². The topological polar surface area (TPSA) is 107 Å². The summed E-state index contributed by atoms with van der Waals surface area (Å²) in [7, 11) is 0. The van der Waals surface area contributed by atoms with Crippen molar-refractivity contribution >= 4 is 12.4 Å². The maximum absolute atomic E-state index is 9.49. The highest BCUT2D eigenvalue weighted by Crippen LogP contribution is 2.37. The molecule has 5 nitrogen and oxygen atoms in total.